The summed E-state index contributed by atoms with van der Waals surface area (Å²) >= 11 is 0. The largest absolute Gasteiger partial charge is 0.398 e. The first-order chi connectivity index (χ1) is 9.22. The smallest absolute Gasteiger partial charge is 0.0670 e. The van der Waals surface area contributed by atoms with Crippen LogP contribution in [0.4, 0.5) is 11.4 Å². The zero-order valence-electron chi connectivity index (χ0n) is 11.5. The highest BCUT2D eigenvalue weighted by Gasteiger charge is 2.20. The molecule has 102 valence electrons. The van der Waals surface area contributed by atoms with Crippen molar-refractivity contribution in [3.63, 3.8) is 0 Å². The van der Waals surface area contributed by atoms with Crippen molar-refractivity contribution in [3.8, 4) is 6.07 Å². The third-order valence-electron chi connectivity index (χ3n) is 3.82. The maximum absolute atomic E-state index is 8.76. The SMILES string of the molecule is CCN1CCC(CNc2ccc(N)c(CC#N)c2)C1. The molecule has 0 spiro atoms. The molecule has 1 unspecified atom stereocenters. The molecule has 19 heavy (non-hydrogen) atoms. The molecule has 4 nitrogen and oxygen atoms in total. The maximum atomic E-state index is 8.76. The van der Waals surface area contributed by atoms with Crippen LogP contribution < -0.4 is 11.1 Å². The Balaban J connectivity index is 1.90. The van der Waals surface area contributed by atoms with Gasteiger partial charge in [0, 0.05) is 24.5 Å². The van der Waals surface area contributed by atoms with Gasteiger partial charge in [0.05, 0.1) is 12.5 Å². The molecule has 0 saturated carbocycles. The first-order valence-electron chi connectivity index (χ1n) is 6.94. The summed E-state index contributed by atoms with van der Waals surface area (Å²) in [6, 6.07) is 8.01. The topological polar surface area (TPSA) is 65.1 Å². The van der Waals surface area contributed by atoms with Crippen molar-refractivity contribution in [1.82, 2.24) is 4.90 Å². The Kier molecular flexibility index (Phi) is 4.64. The highest BCUT2D eigenvalue weighted by molar-refractivity contribution is 5.58. The van der Waals surface area contributed by atoms with Crippen LogP contribution >= 0.6 is 0 Å². The lowest BCUT2D eigenvalue weighted by atomic mass is 10.1. The highest BCUT2D eigenvalue weighted by atomic mass is 15.1. The van der Waals surface area contributed by atoms with Crippen LogP contribution in [0.1, 0.15) is 18.9 Å². The molecule has 1 saturated heterocycles. The maximum Gasteiger partial charge on any atom is 0.0670 e. The van der Waals surface area contributed by atoms with Gasteiger partial charge in [0.2, 0.25) is 0 Å². The predicted molar refractivity (Wildman–Crippen MR) is 78.9 cm³/mol. The molecule has 1 atom stereocenters. The Hall–Kier alpha value is -1.73. The molecule has 0 amide bonds. The number of anilines is 2. The average Bonchev–Trinajstić information content (AvgIpc) is 2.88. The fraction of sp³-hybridized carbons (Fsp3) is 0.533. The van der Waals surface area contributed by atoms with Crippen molar-refractivity contribution >= 4 is 11.4 Å². The molecule has 1 aromatic rings. The molecule has 1 heterocycles. The van der Waals surface area contributed by atoms with Gasteiger partial charge in [-0.25, -0.2) is 0 Å². The highest BCUT2D eigenvalue weighted by Crippen LogP contribution is 2.20. The molecular weight excluding hydrogens is 236 g/mol. The van der Waals surface area contributed by atoms with Gasteiger partial charge in [-0.3, -0.25) is 0 Å². The molecule has 2 rings (SSSR count). The normalized spacial score (nSPS) is 19.3. The van der Waals surface area contributed by atoms with Crippen molar-refractivity contribution in [1.29, 1.82) is 5.26 Å². The van der Waals surface area contributed by atoms with Crippen LogP contribution in [-0.2, 0) is 6.42 Å². The van der Waals surface area contributed by atoms with Gasteiger partial charge in [0.1, 0.15) is 0 Å². The molecule has 3 N–H and O–H groups in total. The summed E-state index contributed by atoms with van der Waals surface area (Å²) in [7, 11) is 0. The summed E-state index contributed by atoms with van der Waals surface area (Å²) < 4.78 is 0. The molecule has 1 aliphatic heterocycles. The molecule has 1 aliphatic rings. The Morgan fingerprint density at radius 1 is 1.53 bits per heavy atom. The number of rotatable bonds is 5. The van der Waals surface area contributed by atoms with Gasteiger partial charge in [-0.15, -0.1) is 0 Å². The predicted octanol–water partition coefficient (Wildman–Crippen LogP) is 2.09. The number of hydrogen-bond acceptors (Lipinski definition) is 4. The fourth-order valence-electron chi connectivity index (χ4n) is 2.58. The van der Waals surface area contributed by atoms with Crippen LogP contribution in [0.15, 0.2) is 18.2 Å². The van der Waals surface area contributed by atoms with Gasteiger partial charge >= 0.3 is 0 Å². The summed E-state index contributed by atoms with van der Waals surface area (Å²) in [4.78, 5) is 2.48. The number of benzene rings is 1. The first kappa shape index (κ1) is 13.7. The summed E-state index contributed by atoms with van der Waals surface area (Å²) in [5.74, 6) is 0.719. The summed E-state index contributed by atoms with van der Waals surface area (Å²) in [5.41, 5.74) is 8.52. The van der Waals surface area contributed by atoms with E-state index < -0.39 is 0 Å². The first-order valence-corrected chi connectivity index (χ1v) is 6.94. The lowest BCUT2D eigenvalue weighted by Gasteiger charge is -2.15. The molecule has 0 bridgehead atoms. The summed E-state index contributed by atoms with van der Waals surface area (Å²) in [5, 5.41) is 12.2. The molecular formula is C15H22N4. The van der Waals surface area contributed by atoms with Crippen LogP contribution in [0.5, 0.6) is 0 Å². The number of nitrogen functional groups attached to an aromatic ring is 1. The molecule has 4 heteroatoms. The molecule has 0 aliphatic carbocycles. The third kappa shape index (κ3) is 3.62. The van der Waals surface area contributed by atoms with E-state index in [0.717, 1.165) is 30.3 Å². The third-order valence-corrected chi connectivity index (χ3v) is 3.82. The van der Waals surface area contributed by atoms with Gasteiger partial charge in [-0.05, 0) is 49.2 Å². The van der Waals surface area contributed by atoms with E-state index in [2.05, 4.69) is 23.2 Å². The average molecular weight is 258 g/mol. The van der Waals surface area contributed by atoms with Crippen LogP contribution in [0.25, 0.3) is 0 Å². The minimum Gasteiger partial charge on any atom is -0.398 e. The van der Waals surface area contributed by atoms with E-state index >= 15 is 0 Å². The number of nitrogens with one attached hydrogen (secondary N) is 1. The van der Waals surface area contributed by atoms with Crippen molar-refractivity contribution in [3.05, 3.63) is 23.8 Å². The second-order valence-corrected chi connectivity index (χ2v) is 5.18. The van der Waals surface area contributed by atoms with Gasteiger partial charge in [-0.1, -0.05) is 6.92 Å². The minimum atomic E-state index is 0.369. The Labute approximate surface area is 115 Å². The van der Waals surface area contributed by atoms with E-state index in [-0.39, 0.29) is 0 Å². The van der Waals surface area contributed by atoms with Crippen molar-refractivity contribution < 1.29 is 0 Å². The van der Waals surface area contributed by atoms with Gasteiger partial charge in [0.15, 0.2) is 0 Å². The van der Waals surface area contributed by atoms with E-state index in [0.29, 0.717) is 12.1 Å². The van der Waals surface area contributed by atoms with Crippen molar-refractivity contribution in [2.45, 2.75) is 19.8 Å². The second-order valence-electron chi connectivity index (χ2n) is 5.18. The standard InChI is InChI=1S/C15H22N4/c1-2-19-8-6-12(11-19)10-18-14-3-4-15(17)13(9-14)5-7-16/h3-4,9,12,18H,2,5-6,8,10-11,17H2,1H3. The summed E-state index contributed by atoms with van der Waals surface area (Å²) in [6.45, 7) is 6.74. The van der Waals surface area contributed by atoms with Crippen molar-refractivity contribution in [2.75, 3.05) is 37.2 Å². The van der Waals surface area contributed by atoms with Crippen LogP contribution in [0.2, 0.25) is 0 Å². The lowest BCUT2D eigenvalue weighted by molar-refractivity contribution is 0.345. The number of nitrogens with zero attached hydrogens (tertiary/aromatic N) is 2. The van der Waals surface area contributed by atoms with E-state index in [9.17, 15) is 0 Å². The van der Waals surface area contributed by atoms with Crippen LogP contribution in [0.3, 0.4) is 0 Å². The van der Waals surface area contributed by atoms with E-state index in [1.807, 2.05) is 18.2 Å². The zero-order chi connectivity index (χ0) is 13.7. The number of likely N-dealkylation sites (tertiary alicyclic amines) is 1. The van der Waals surface area contributed by atoms with Gasteiger partial charge < -0.3 is 16.0 Å². The Morgan fingerprint density at radius 3 is 3.05 bits per heavy atom. The van der Waals surface area contributed by atoms with E-state index in [1.54, 1.807) is 0 Å². The van der Waals surface area contributed by atoms with Gasteiger partial charge in [-0.2, -0.15) is 5.26 Å². The molecule has 0 aromatic heterocycles. The molecule has 1 fully saturated rings. The van der Waals surface area contributed by atoms with Crippen molar-refractivity contribution in [2.24, 2.45) is 5.92 Å². The number of nitrogens with two attached hydrogens (primary N) is 1. The second kappa shape index (κ2) is 6.44. The molecule has 0 radical (unpaired) electrons. The van der Waals surface area contributed by atoms with E-state index in [1.165, 1.54) is 19.5 Å². The number of hydrogen-bond donors (Lipinski definition) is 2. The quantitative estimate of drug-likeness (QED) is 0.794. The fourth-order valence-corrected chi connectivity index (χ4v) is 2.58. The monoisotopic (exact) mass is 258 g/mol. The Bertz CT molecular complexity index is 464. The summed E-state index contributed by atoms with van der Waals surface area (Å²) in [6.07, 6.45) is 1.63. The van der Waals surface area contributed by atoms with Gasteiger partial charge in [0.25, 0.3) is 0 Å². The van der Waals surface area contributed by atoms with Crippen LogP contribution in [-0.4, -0.2) is 31.1 Å². The van der Waals surface area contributed by atoms with E-state index in [4.69, 9.17) is 11.0 Å². The Morgan fingerprint density at radius 2 is 2.37 bits per heavy atom. The van der Waals surface area contributed by atoms with Crippen LogP contribution in [0, 0.1) is 17.2 Å². The number of nitriles is 1. The minimum absolute atomic E-state index is 0.369. The lowest BCUT2D eigenvalue weighted by Crippen LogP contribution is -2.22. The zero-order valence-corrected chi connectivity index (χ0v) is 11.5. The molecule has 1 aromatic carbocycles.